The lowest BCUT2D eigenvalue weighted by molar-refractivity contribution is 0.302. The molecular weight excluding hydrogens is 271 g/mol. The van der Waals surface area contributed by atoms with Gasteiger partial charge in [0.1, 0.15) is 11.3 Å². The fraction of sp³-hybridized carbons (Fsp3) is 0.417. The highest BCUT2D eigenvalue weighted by atomic mass is 32.2. The molecule has 0 atom stereocenters. The molecule has 1 aromatic carbocycles. The summed E-state index contributed by atoms with van der Waals surface area (Å²) >= 11 is 0. The summed E-state index contributed by atoms with van der Waals surface area (Å²) in [5.41, 5.74) is 0.460. The average molecular weight is 284 g/mol. The molecule has 1 fully saturated rings. The smallest absolute Gasteiger partial charge is 0.228 e. The second-order valence-electron chi connectivity index (χ2n) is 4.82. The maximum atomic E-state index is 13.9. The summed E-state index contributed by atoms with van der Waals surface area (Å²) in [6, 6.07) is 2.87. The van der Waals surface area contributed by atoms with E-state index in [1.54, 1.807) is 13.1 Å². The summed E-state index contributed by atoms with van der Waals surface area (Å²) in [5, 5.41) is -0.148. The van der Waals surface area contributed by atoms with E-state index in [1.807, 2.05) is 0 Å². The van der Waals surface area contributed by atoms with Gasteiger partial charge in [0.25, 0.3) is 0 Å². The van der Waals surface area contributed by atoms with Gasteiger partial charge in [0.2, 0.25) is 15.0 Å². The van der Waals surface area contributed by atoms with Crippen LogP contribution in [0.3, 0.4) is 0 Å². The third-order valence-electron chi connectivity index (χ3n) is 3.03. The molecule has 3 rings (SSSR count). The van der Waals surface area contributed by atoms with Crippen molar-refractivity contribution in [2.75, 3.05) is 6.26 Å². The van der Waals surface area contributed by atoms with Crippen LogP contribution in [0.4, 0.5) is 4.39 Å². The standard InChI is InChI=1S/C12H13FN2O3S/c1-15-10-6-8(18-7-3-4-7)5-9(13)11(10)14-12(15)19(2,16)17/h5-7H,3-4H2,1-2H3. The van der Waals surface area contributed by atoms with E-state index in [9.17, 15) is 12.8 Å². The molecule has 19 heavy (non-hydrogen) atoms. The van der Waals surface area contributed by atoms with E-state index in [2.05, 4.69) is 4.98 Å². The number of hydrogen-bond acceptors (Lipinski definition) is 4. The number of benzene rings is 1. The molecule has 0 radical (unpaired) electrons. The molecular formula is C12H13FN2O3S. The summed E-state index contributed by atoms with van der Waals surface area (Å²) in [7, 11) is -1.94. The molecule has 1 aromatic heterocycles. The largest absolute Gasteiger partial charge is 0.490 e. The molecule has 1 aliphatic carbocycles. The van der Waals surface area contributed by atoms with Crippen molar-refractivity contribution in [1.82, 2.24) is 9.55 Å². The number of imidazole rings is 1. The molecule has 5 nitrogen and oxygen atoms in total. The summed E-state index contributed by atoms with van der Waals surface area (Å²) in [6.45, 7) is 0. The lowest BCUT2D eigenvalue weighted by Crippen LogP contribution is -2.05. The molecule has 0 saturated heterocycles. The van der Waals surface area contributed by atoms with Crippen molar-refractivity contribution in [2.24, 2.45) is 7.05 Å². The van der Waals surface area contributed by atoms with Gasteiger partial charge in [-0.15, -0.1) is 0 Å². The van der Waals surface area contributed by atoms with Gasteiger partial charge in [0.15, 0.2) is 5.82 Å². The van der Waals surface area contributed by atoms with Gasteiger partial charge in [0.05, 0.1) is 11.6 Å². The first-order valence-electron chi connectivity index (χ1n) is 5.89. The zero-order valence-corrected chi connectivity index (χ0v) is 11.4. The number of aromatic nitrogens is 2. The number of hydrogen-bond donors (Lipinski definition) is 0. The highest BCUT2D eigenvalue weighted by molar-refractivity contribution is 7.90. The Hall–Kier alpha value is -1.63. The normalized spacial score (nSPS) is 15.9. The molecule has 0 bridgehead atoms. The van der Waals surface area contributed by atoms with Crippen molar-refractivity contribution in [3.8, 4) is 5.75 Å². The Kier molecular flexibility index (Phi) is 2.57. The van der Waals surface area contributed by atoms with E-state index in [0.717, 1.165) is 19.1 Å². The van der Waals surface area contributed by atoms with E-state index in [1.165, 1.54) is 10.6 Å². The SMILES string of the molecule is Cn1c(S(C)(=O)=O)nc2c(F)cc(OC3CC3)cc21. The van der Waals surface area contributed by atoms with Crippen LogP contribution in [-0.2, 0) is 16.9 Å². The van der Waals surface area contributed by atoms with Crippen LogP contribution in [0, 0.1) is 5.82 Å². The predicted octanol–water partition coefficient (Wildman–Crippen LogP) is 1.66. The van der Waals surface area contributed by atoms with Gasteiger partial charge in [-0.05, 0) is 12.8 Å². The highest BCUT2D eigenvalue weighted by Crippen LogP contribution is 2.31. The van der Waals surface area contributed by atoms with Crippen LogP contribution in [-0.4, -0.2) is 30.3 Å². The van der Waals surface area contributed by atoms with Gasteiger partial charge in [-0.2, -0.15) is 0 Å². The predicted molar refractivity (Wildman–Crippen MR) is 67.4 cm³/mol. The van der Waals surface area contributed by atoms with Crippen LogP contribution in [0.5, 0.6) is 5.75 Å². The van der Waals surface area contributed by atoms with Gasteiger partial charge in [-0.1, -0.05) is 0 Å². The monoisotopic (exact) mass is 284 g/mol. The van der Waals surface area contributed by atoms with Crippen LogP contribution in [0.1, 0.15) is 12.8 Å². The molecule has 0 aliphatic heterocycles. The number of halogens is 1. The minimum atomic E-state index is -3.49. The maximum absolute atomic E-state index is 13.9. The Balaban J connectivity index is 2.20. The van der Waals surface area contributed by atoms with Crippen molar-refractivity contribution in [3.63, 3.8) is 0 Å². The average Bonchev–Trinajstić information content (AvgIpc) is 3.02. The van der Waals surface area contributed by atoms with Gasteiger partial charge in [-0.25, -0.2) is 17.8 Å². The molecule has 0 spiro atoms. The number of sulfone groups is 1. The molecule has 2 aromatic rings. The Morgan fingerprint density at radius 1 is 1.42 bits per heavy atom. The van der Waals surface area contributed by atoms with E-state index in [-0.39, 0.29) is 16.8 Å². The van der Waals surface area contributed by atoms with Crippen LogP contribution < -0.4 is 4.74 Å². The minimum absolute atomic E-state index is 0.0473. The summed E-state index contributed by atoms with van der Waals surface area (Å²) in [4.78, 5) is 3.86. The number of rotatable bonds is 3. The number of fused-ring (bicyclic) bond motifs is 1. The van der Waals surface area contributed by atoms with Crippen molar-refractivity contribution in [1.29, 1.82) is 0 Å². The van der Waals surface area contributed by atoms with Crippen molar-refractivity contribution >= 4 is 20.9 Å². The topological polar surface area (TPSA) is 61.2 Å². The Morgan fingerprint density at radius 2 is 2.11 bits per heavy atom. The van der Waals surface area contributed by atoms with E-state index >= 15 is 0 Å². The van der Waals surface area contributed by atoms with Gasteiger partial charge in [-0.3, -0.25) is 0 Å². The third-order valence-corrected chi connectivity index (χ3v) is 4.06. The Bertz CT molecular complexity index is 763. The zero-order chi connectivity index (χ0) is 13.8. The molecule has 1 heterocycles. The Labute approximate surface area is 109 Å². The van der Waals surface area contributed by atoms with Gasteiger partial charge in [0, 0.05) is 25.4 Å². The molecule has 1 saturated carbocycles. The molecule has 102 valence electrons. The van der Waals surface area contributed by atoms with E-state index in [0.29, 0.717) is 11.3 Å². The fourth-order valence-corrected chi connectivity index (χ4v) is 2.83. The summed E-state index contributed by atoms with van der Waals surface area (Å²) in [6.07, 6.45) is 3.15. The lowest BCUT2D eigenvalue weighted by Gasteiger charge is -2.05. The van der Waals surface area contributed by atoms with Crippen LogP contribution in [0.2, 0.25) is 0 Å². The van der Waals surface area contributed by atoms with Crippen LogP contribution >= 0.6 is 0 Å². The first kappa shape index (κ1) is 12.4. The second-order valence-corrected chi connectivity index (χ2v) is 6.73. The summed E-state index contributed by atoms with van der Waals surface area (Å²) in [5.74, 6) is -0.158. The molecule has 0 N–H and O–H groups in total. The molecule has 0 unspecified atom stereocenters. The minimum Gasteiger partial charge on any atom is -0.490 e. The van der Waals surface area contributed by atoms with Crippen LogP contribution in [0.25, 0.3) is 11.0 Å². The number of nitrogens with zero attached hydrogens (tertiary/aromatic N) is 2. The van der Waals surface area contributed by atoms with E-state index in [4.69, 9.17) is 4.74 Å². The fourth-order valence-electron chi connectivity index (χ4n) is 1.98. The summed E-state index contributed by atoms with van der Waals surface area (Å²) < 4.78 is 44.0. The van der Waals surface area contributed by atoms with Crippen molar-refractivity contribution in [2.45, 2.75) is 24.1 Å². The molecule has 1 aliphatic rings. The van der Waals surface area contributed by atoms with Gasteiger partial charge < -0.3 is 9.30 Å². The van der Waals surface area contributed by atoms with Gasteiger partial charge >= 0.3 is 0 Å². The zero-order valence-electron chi connectivity index (χ0n) is 10.6. The third kappa shape index (κ3) is 2.18. The lowest BCUT2D eigenvalue weighted by atomic mass is 10.3. The first-order chi connectivity index (χ1) is 8.86. The second kappa shape index (κ2) is 3.93. The molecule has 7 heteroatoms. The maximum Gasteiger partial charge on any atom is 0.228 e. The molecule has 0 amide bonds. The Morgan fingerprint density at radius 3 is 2.68 bits per heavy atom. The van der Waals surface area contributed by atoms with Crippen molar-refractivity contribution < 1.29 is 17.5 Å². The van der Waals surface area contributed by atoms with E-state index < -0.39 is 15.7 Å². The van der Waals surface area contributed by atoms with Crippen LogP contribution in [0.15, 0.2) is 17.3 Å². The van der Waals surface area contributed by atoms with Crippen molar-refractivity contribution in [3.05, 3.63) is 17.9 Å². The number of ether oxygens (including phenoxy) is 1. The first-order valence-corrected chi connectivity index (χ1v) is 7.78. The quantitative estimate of drug-likeness (QED) is 0.860. The number of aryl methyl sites for hydroxylation is 1. The highest BCUT2D eigenvalue weighted by Gasteiger charge is 2.25.